The number of rotatable bonds is 2. The van der Waals surface area contributed by atoms with E-state index in [-0.39, 0.29) is 0 Å². The Balaban J connectivity index is 1.62. The molecule has 2 heterocycles. The first kappa shape index (κ1) is 14.1. The highest BCUT2D eigenvalue weighted by molar-refractivity contribution is 7.23. The molecule has 0 unspecified atom stereocenters. The van der Waals surface area contributed by atoms with Gasteiger partial charge in [-0.3, -0.25) is 4.40 Å². The molecule has 2 aromatic heterocycles. The maximum atomic E-state index is 5.32. The number of nitrogens with zero attached hydrogens (tertiary/aromatic N) is 2. The molecule has 0 spiro atoms. The minimum Gasteiger partial charge on any atom is -0.497 e. The standard InChI is InChI=1S/C20H18N2OS/c1-23-16-8-9-18-19(11-16)24-20-21-17(12-22(18)20)15-7-6-13-4-2-3-5-14(13)10-15/h6-12H,2-5H2,1H3. The predicted octanol–water partition coefficient (Wildman–Crippen LogP) is 5.10. The molecule has 0 atom stereocenters. The maximum Gasteiger partial charge on any atom is 0.195 e. The Hall–Kier alpha value is -2.33. The molecule has 0 saturated heterocycles. The normalized spacial score (nSPS) is 14.2. The van der Waals surface area contributed by atoms with Crippen LogP contribution < -0.4 is 4.74 Å². The Morgan fingerprint density at radius 1 is 1.04 bits per heavy atom. The van der Waals surface area contributed by atoms with E-state index >= 15 is 0 Å². The van der Waals surface area contributed by atoms with Gasteiger partial charge >= 0.3 is 0 Å². The van der Waals surface area contributed by atoms with E-state index in [0.717, 1.165) is 16.4 Å². The molecule has 0 N–H and O–H groups in total. The number of benzene rings is 2. The van der Waals surface area contributed by atoms with Gasteiger partial charge in [-0.25, -0.2) is 4.98 Å². The van der Waals surface area contributed by atoms with Gasteiger partial charge in [-0.05, 0) is 61.1 Å². The molecule has 1 aliphatic carbocycles. The molecule has 0 amide bonds. The van der Waals surface area contributed by atoms with Gasteiger partial charge in [0.25, 0.3) is 0 Å². The van der Waals surface area contributed by atoms with Crippen LogP contribution in [-0.2, 0) is 12.8 Å². The Bertz CT molecular complexity index is 1060. The fourth-order valence-corrected chi connectivity index (χ4v) is 4.68. The van der Waals surface area contributed by atoms with E-state index < -0.39 is 0 Å². The quantitative estimate of drug-likeness (QED) is 0.509. The van der Waals surface area contributed by atoms with Crippen LogP contribution in [0.4, 0.5) is 0 Å². The molecule has 24 heavy (non-hydrogen) atoms. The van der Waals surface area contributed by atoms with E-state index in [2.05, 4.69) is 40.9 Å². The molecular weight excluding hydrogens is 316 g/mol. The molecule has 0 aliphatic heterocycles. The summed E-state index contributed by atoms with van der Waals surface area (Å²) >= 11 is 1.71. The number of fused-ring (bicyclic) bond motifs is 4. The van der Waals surface area contributed by atoms with Crippen LogP contribution in [0.2, 0.25) is 0 Å². The number of ether oxygens (including phenoxy) is 1. The molecule has 0 saturated carbocycles. The van der Waals surface area contributed by atoms with Crippen molar-refractivity contribution in [3.63, 3.8) is 0 Å². The first-order valence-corrected chi connectivity index (χ1v) is 9.21. The molecule has 1 aliphatic rings. The van der Waals surface area contributed by atoms with Gasteiger partial charge in [0.15, 0.2) is 4.96 Å². The van der Waals surface area contributed by atoms with Gasteiger partial charge in [-0.15, -0.1) is 0 Å². The van der Waals surface area contributed by atoms with Gasteiger partial charge in [0, 0.05) is 11.8 Å². The minimum absolute atomic E-state index is 0.891. The molecule has 0 radical (unpaired) electrons. The van der Waals surface area contributed by atoms with Gasteiger partial charge in [-0.1, -0.05) is 23.5 Å². The van der Waals surface area contributed by atoms with Crippen LogP contribution in [0.25, 0.3) is 26.4 Å². The molecule has 4 aromatic rings. The van der Waals surface area contributed by atoms with Crippen LogP contribution in [-0.4, -0.2) is 16.5 Å². The van der Waals surface area contributed by atoms with Crippen LogP contribution in [0.1, 0.15) is 24.0 Å². The van der Waals surface area contributed by atoms with Gasteiger partial charge in [0.2, 0.25) is 0 Å². The molecule has 3 nitrogen and oxygen atoms in total. The van der Waals surface area contributed by atoms with Gasteiger partial charge < -0.3 is 4.74 Å². The number of aromatic nitrogens is 2. The smallest absolute Gasteiger partial charge is 0.195 e. The largest absolute Gasteiger partial charge is 0.497 e. The summed E-state index contributed by atoms with van der Waals surface area (Å²) < 4.78 is 8.71. The molecule has 2 aromatic carbocycles. The van der Waals surface area contributed by atoms with Crippen LogP contribution in [0.3, 0.4) is 0 Å². The van der Waals surface area contributed by atoms with Crippen molar-refractivity contribution in [2.75, 3.05) is 7.11 Å². The van der Waals surface area contributed by atoms with E-state index in [4.69, 9.17) is 9.72 Å². The Kier molecular flexibility index (Phi) is 3.13. The summed E-state index contributed by atoms with van der Waals surface area (Å²) in [7, 11) is 1.70. The number of thiazole rings is 1. The average Bonchev–Trinajstić information content (AvgIpc) is 3.18. The first-order valence-electron chi connectivity index (χ1n) is 8.40. The highest BCUT2D eigenvalue weighted by Gasteiger charge is 2.14. The predicted molar refractivity (Wildman–Crippen MR) is 99.2 cm³/mol. The van der Waals surface area contributed by atoms with Crippen LogP contribution in [0, 0.1) is 0 Å². The van der Waals surface area contributed by atoms with E-state index in [0.29, 0.717) is 0 Å². The van der Waals surface area contributed by atoms with Crippen molar-refractivity contribution in [1.82, 2.24) is 9.38 Å². The summed E-state index contributed by atoms with van der Waals surface area (Å²) in [5.41, 5.74) is 6.50. The molecule has 4 heteroatoms. The molecular formula is C20H18N2OS. The first-order chi connectivity index (χ1) is 11.8. The van der Waals surface area contributed by atoms with Crippen molar-refractivity contribution < 1.29 is 4.74 Å². The highest BCUT2D eigenvalue weighted by Crippen LogP contribution is 2.33. The average molecular weight is 334 g/mol. The zero-order valence-electron chi connectivity index (χ0n) is 13.6. The fourth-order valence-electron chi connectivity index (χ4n) is 3.64. The van der Waals surface area contributed by atoms with Crippen LogP contribution in [0.5, 0.6) is 5.75 Å². The SMILES string of the molecule is COc1ccc2c(c1)sc1nc(-c3ccc4c(c3)CCCC4)cn12. The Labute approximate surface area is 144 Å². The van der Waals surface area contributed by atoms with E-state index in [9.17, 15) is 0 Å². The van der Waals surface area contributed by atoms with E-state index in [1.54, 1.807) is 18.4 Å². The molecule has 120 valence electrons. The van der Waals surface area contributed by atoms with Crippen molar-refractivity contribution in [2.45, 2.75) is 25.7 Å². The summed E-state index contributed by atoms with van der Waals surface area (Å²) in [5.74, 6) is 0.891. The van der Waals surface area contributed by atoms with Crippen LogP contribution in [0.15, 0.2) is 42.6 Å². The third-order valence-electron chi connectivity index (χ3n) is 4.95. The van der Waals surface area contributed by atoms with Crippen molar-refractivity contribution in [3.8, 4) is 17.0 Å². The minimum atomic E-state index is 0.891. The lowest BCUT2D eigenvalue weighted by Crippen LogP contribution is -2.02. The Morgan fingerprint density at radius 3 is 2.79 bits per heavy atom. The number of imidazole rings is 1. The summed E-state index contributed by atoms with van der Waals surface area (Å²) in [4.78, 5) is 5.90. The topological polar surface area (TPSA) is 26.5 Å². The van der Waals surface area contributed by atoms with Crippen molar-refractivity contribution in [2.24, 2.45) is 0 Å². The summed E-state index contributed by atoms with van der Waals surface area (Å²) in [5, 5.41) is 0. The third kappa shape index (κ3) is 2.13. The number of hydrogen-bond donors (Lipinski definition) is 0. The van der Waals surface area contributed by atoms with Crippen molar-refractivity contribution >= 4 is 26.5 Å². The van der Waals surface area contributed by atoms with Crippen LogP contribution >= 0.6 is 11.3 Å². The zero-order chi connectivity index (χ0) is 16.1. The van der Waals surface area contributed by atoms with E-state index in [1.165, 1.54) is 52.6 Å². The second-order valence-electron chi connectivity index (χ2n) is 6.41. The molecule has 0 bridgehead atoms. The second-order valence-corrected chi connectivity index (χ2v) is 7.41. The van der Waals surface area contributed by atoms with Crippen molar-refractivity contribution in [1.29, 1.82) is 0 Å². The number of aryl methyl sites for hydroxylation is 2. The Morgan fingerprint density at radius 2 is 1.92 bits per heavy atom. The zero-order valence-corrected chi connectivity index (χ0v) is 14.4. The van der Waals surface area contributed by atoms with Gasteiger partial charge in [0.1, 0.15) is 5.75 Å². The highest BCUT2D eigenvalue weighted by atomic mass is 32.1. The monoisotopic (exact) mass is 334 g/mol. The number of methoxy groups -OCH3 is 1. The lowest BCUT2D eigenvalue weighted by Gasteiger charge is -2.15. The third-order valence-corrected chi connectivity index (χ3v) is 5.96. The summed E-state index contributed by atoms with van der Waals surface area (Å²) in [6.07, 6.45) is 7.21. The lowest BCUT2D eigenvalue weighted by atomic mass is 9.90. The number of hydrogen-bond acceptors (Lipinski definition) is 3. The van der Waals surface area contributed by atoms with Gasteiger partial charge in [-0.2, -0.15) is 0 Å². The summed E-state index contributed by atoms with van der Waals surface area (Å²) in [6.45, 7) is 0. The van der Waals surface area contributed by atoms with Gasteiger partial charge in [0.05, 0.1) is 23.0 Å². The maximum absolute atomic E-state index is 5.32. The van der Waals surface area contributed by atoms with Crippen molar-refractivity contribution in [3.05, 3.63) is 53.7 Å². The molecule has 0 fully saturated rings. The lowest BCUT2D eigenvalue weighted by molar-refractivity contribution is 0.415. The fraction of sp³-hybridized carbons (Fsp3) is 0.250. The molecule has 5 rings (SSSR count). The summed E-state index contributed by atoms with van der Waals surface area (Å²) in [6, 6.07) is 13.0. The van der Waals surface area contributed by atoms with E-state index in [1.807, 2.05) is 6.07 Å². The second kappa shape index (κ2) is 5.35.